The lowest BCUT2D eigenvalue weighted by molar-refractivity contribution is 0.309. The molecule has 1 aromatic heterocycles. The van der Waals surface area contributed by atoms with Crippen LogP contribution in [0.2, 0.25) is 5.02 Å². The third-order valence-corrected chi connectivity index (χ3v) is 3.19. The lowest BCUT2D eigenvalue weighted by atomic mass is 10.1. The Morgan fingerprint density at radius 3 is 2.85 bits per heavy atom. The van der Waals surface area contributed by atoms with E-state index in [4.69, 9.17) is 16.3 Å². The Labute approximate surface area is 122 Å². The van der Waals surface area contributed by atoms with Crippen molar-refractivity contribution >= 4 is 11.6 Å². The van der Waals surface area contributed by atoms with Gasteiger partial charge in [0, 0.05) is 12.5 Å². The number of hydrogen-bond acceptors (Lipinski definition) is 3. The van der Waals surface area contributed by atoms with Gasteiger partial charge in [-0.2, -0.15) is 5.10 Å². The van der Waals surface area contributed by atoms with E-state index in [9.17, 15) is 4.79 Å². The van der Waals surface area contributed by atoms with Gasteiger partial charge in [-0.1, -0.05) is 31.0 Å². The van der Waals surface area contributed by atoms with Crippen molar-refractivity contribution in [2.24, 2.45) is 0 Å². The fraction of sp³-hybridized carbons (Fsp3) is 0.333. The molecule has 0 aliphatic carbocycles. The molecule has 106 valence electrons. The maximum Gasteiger partial charge on any atom is 0.264 e. The molecule has 0 amide bonds. The highest BCUT2D eigenvalue weighted by molar-refractivity contribution is 6.32. The third kappa shape index (κ3) is 4.10. The first-order valence-electron chi connectivity index (χ1n) is 6.65. The Morgan fingerprint density at radius 2 is 2.15 bits per heavy atom. The van der Waals surface area contributed by atoms with Crippen LogP contribution < -0.4 is 10.3 Å². The summed E-state index contributed by atoms with van der Waals surface area (Å²) < 4.78 is 5.66. The molecule has 0 unspecified atom stereocenters. The first-order valence-corrected chi connectivity index (χ1v) is 7.02. The Morgan fingerprint density at radius 1 is 1.30 bits per heavy atom. The van der Waals surface area contributed by atoms with Crippen LogP contribution in [0, 0.1) is 0 Å². The summed E-state index contributed by atoms with van der Waals surface area (Å²) in [5.41, 5.74) is 1.64. The lowest BCUT2D eigenvalue weighted by Gasteiger charge is -2.09. The van der Waals surface area contributed by atoms with Gasteiger partial charge in [0.15, 0.2) is 0 Å². The van der Waals surface area contributed by atoms with Gasteiger partial charge in [-0.05, 0) is 30.2 Å². The zero-order chi connectivity index (χ0) is 14.4. The van der Waals surface area contributed by atoms with Crippen molar-refractivity contribution < 1.29 is 4.74 Å². The van der Waals surface area contributed by atoms with E-state index >= 15 is 0 Å². The normalized spacial score (nSPS) is 10.5. The van der Waals surface area contributed by atoms with Crippen LogP contribution in [0.4, 0.5) is 0 Å². The predicted molar refractivity (Wildman–Crippen MR) is 79.5 cm³/mol. The largest absolute Gasteiger partial charge is 0.492 e. The van der Waals surface area contributed by atoms with E-state index in [2.05, 4.69) is 17.1 Å². The third-order valence-electron chi connectivity index (χ3n) is 2.87. The van der Waals surface area contributed by atoms with Crippen LogP contribution in [0.3, 0.4) is 0 Å². The fourth-order valence-electron chi connectivity index (χ4n) is 1.78. The fourth-order valence-corrected chi connectivity index (χ4v) is 1.95. The smallest absolute Gasteiger partial charge is 0.264 e. The summed E-state index contributed by atoms with van der Waals surface area (Å²) in [6, 6.07) is 8.86. The van der Waals surface area contributed by atoms with Crippen LogP contribution in [-0.2, 0) is 6.42 Å². The van der Waals surface area contributed by atoms with Gasteiger partial charge < -0.3 is 4.74 Å². The molecule has 2 aromatic rings. The number of ether oxygens (including phenoxy) is 1. The molecule has 4 nitrogen and oxygen atoms in total. The number of H-pyrrole nitrogens is 1. The molecule has 0 saturated heterocycles. The average Bonchev–Trinajstić information content (AvgIpc) is 2.45. The standard InChI is InChI=1S/C15H17ClN2O2/c1-2-3-8-20-14-10-11(4-6-13(14)16)9-12-5-7-15(19)18-17-12/h4-7,10H,2-3,8-9H2,1H3,(H,18,19). The number of nitrogens with one attached hydrogen (secondary N) is 1. The van der Waals surface area contributed by atoms with Crippen LogP contribution in [0.25, 0.3) is 0 Å². The Kier molecular flexibility index (Phi) is 5.18. The van der Waals surface area contributed by atoms with Crippen molar-refractivity contribution in [1.82, 2.24) is 10.2 Å². The quantitative estimate of drug-likeness (QED) is 0.832. The number of nitrogens with zero attached hydrogens (tertiary/aromatic N) is 1. The minimum absolute atomic E-state index is 0.201. The van der Waals surface area contributed by atoms with Gasteiger partial charge >= 0.3 is 0 Å². The second-order valence-corrected chi connectivity index (χ2v) is 4.96. The summed E-state index contributed by atoms with van der Waals surface area (Å²) in [5, 5.41) is 7.03. The molecule has 1 aromatic carbocycles. The summed E-state index contributed by atoms with van der Waals surface area (Å²) >= 11 is 6.11. The van der Waals surface area contributed by atoms with E-state index in [1.165, 1.54) is 6.07 Å². The van der Waals surface area contributed by atoms with E-state index in [0.717, 1.165) is 24.1 Å². The summed E-state index contributed by atoms with van der Waals surface area (Å²) in [7, 11) is 0. The minimum Gasteiger partial charge on any atom is -0.492 e. The SMILES string of the molecule is CCCCOc1cc(Cc2ccc(=O)[nH]n2)ccc1Cl. The maximum absolute atomic E-state index is 11.0. The van der Waals surface area contributed by atoms with Crippen molar-refractivity contribution in [3.05, 3.63) is 57.0 Å². The van der Waals surface area contributed by atoms with E-state index in [1.54, 1.807) is 6.07 Å². The molecule has 0 radical (unpaired) electrons. The van der Waals surface area contributed by atoms with E-state index < -0.39 is 0 Å². The highest BCUT2D eigenvalue weighted by Gasteiger charge is 2.05. The first-order chi connectivity index (χ1) is 9.69. The van der Waals surface area contributed by atoms with Gasteiger partial charge in [0.1, 0.15) is 5.75 Å². The number of unbranched alkanes of at least 4 members (excludes halogenated alkanes) is 1. The lowest BCUT2D eigenvalue weighted by Crippen LogP contribution is -2.07. The molecule has 0 fully saturated rings. The van der Waals surface area contributed by atoms with Crippen LogP contribution >= 0.6 is 11.6 Å². The summed E-state index contributed by atoms with van der Waals surface area (Å²) in [6.45, 7) is 2.78. The number of halogens is 1. The van der Waals surface area contributed by atoms with Crippen molar-refractivity contribution in [1.29, 1.82) is 0 Å². The molecule has 0 spiro atoms. The average molecular weight is 293 g/mol. The summed E-state index contributed by atoms with van der Waals surface area (Å²) in [4.78, 5) is 11.0. The van der Waals surface area contributed by atoms with Gasteiger partial charge in [0.2, 0.25) is 0 Å². The van der Waals surface area contributed by atoms with E-state index in [-0.39, 0.29) is 5.56 Å². The number of hydrogen-bond donors (Lipinski definition) is 1. The van der Waals surface area contributed by atoms with Gasteiger partial charge in [0.25, 0.3) is 5.56 Å². The number of aromatic nitrogens is 2. The van der Waals surface area contributed by atoms with E-state index in [1.807, 2.05) is 18.2 Å². The Hall–Kier alpha value is -1.81. The Balaban J connectivity index is 2.10. The highest BCUT2D eigenvalue weighted by Crippen LogP contribution is 2.26. The van der Waals surface area contributed by atoms with Gasteiger partial charge in [-0.15, -0.1) is 0 Å². The van der Waals surface area contributed by atoms with Crippen LogP contribution in [-0.4, -0.2) is 16.8 Å². The van der Waals surface area contributed by atoms with Crippen molar-refractivity contribution in [2.45, 2.75) is 26.2 Å². The van der Waals surface area contributed by atoms with E-state index in [0.29, 0.717) is 23.8 Å². The van der Waals surface area contributed by atoms with Crippen molar-refractivity contribution in [3.63, 3.8) is 0 Å². The zero-order valence-corrected chi connectivity index (χ0v) is 12.1. The van der Waals surface area contributed by atoms with Crippen LogP contribution in [0.1, 0.15) is 31.0 Å². The molecule has 20 heavy (non-hydrogen) atoms. The summed E-state index contributed by atoms with van der Waals surface area (Å²) in [5.74, 6) is 0.696. The molecular weight excluding hydrogens is 276 g/mol. The highest BCUT2D eigenvalue weighted by atomic mass is 35.5. The second-order valence-electron chi connectivity index (χ2n) is 4.56. The van der Waals surface area contributed by atoms with Gasteiger partial charge in [-0.3, -0.25) is 4.79 Å². The minimum atomic E-state index is -0.201. The zero-order valence-electron chi connectivity index (χ0n) is 11.4. The first kappa shape index (κ1) is 14.6. The van der Waals surface area contributed by atoms with Crippen LogP contribution in [0.15, 0.2) is 35.1 Å². The molecule has 1 heterocycles. The molecule has 0 saturated carbocycles. The number of benzene rings is 1. The molecule has 0 aliphatic heterocycles. The monoisotopic (exact) mass is 292 g/mol. The topological polar surface area (TPSA) is 55.0 Å². The molecule has 0 bridgehead atoms. The van der Waals surface area contributed by atoms with Gasteiger partial charge in [-0.25, -0.2) is 5.10 Å². The Bertz CT molecular complexity index is 605. The molecule has 0 aliphatic rings. The summed E-state index contributed by atoms with van der Waals surface area (Å²) in [6.07, 6.45) is 2.71. The molecule has 2 rings (SSSR count). The molecule has 1 N–H and O–H groups in total. The number of aromatic amines is 1. The molecule has 0 atom stereocenters. The van der Waals surface area contributed by atoms with Crippen LogP contribution in [0.5, 0.6) is 5.75 Å². The number of rotatable bonds is 6. The predicted octanol–water partition coefficient (Wildman–Crippen LogP) is 3.19. The molecular formula is C15H17ClN2O2. The molecule has 5 heteroatoms. The maximum atomic E-state index is 11.0. The van der Waals surface area contributed by atoms with Crippen molar-refractivity contribution in [2.75, 3.05) is 6.61 Å². The van der Waals surface area contributed by atoms with Crippen molar-refractivity contribution in [3.8, 4) is 5.75 Å². The second kappa shape index (κ2) is 7.10. The van der Waals surface area contributed by atoms with Gasteiger partial charge in [0.05, 0.1) is 17.3 Å².